The van der Waals surface area contributed by atoms with Crippen LogP contribution in [0.2, 0.25) is 0 Å². The monoisotopic (exact) mass is 446 g/mol. The molecule has 1 unspecified atom stereocenters. The average molecular weight is 447 g/mol. The number of ether oxygens (including phenoxy) is 2. The summed E-state index contributed by atoms with van der Waals surface area (Å²) < 4.78 is 25.1. The summed E-state index contributed by atoms with van der Waals surface area (Å²) in [5.74, 6) is 1.26. The molecule has 10 heteroatoms. The van der Waals surface area contributed by atoms with Crippen LogP contribution in [-0.2, 0) is 11.3 Å². The fraction of sp³-hybridized carbons (Fsp3) is 0.250. The third-order valence-corrected chi connectivity index (χ3v) is 6.20. The Labute approximate surface area is 181 Å². The molecular formula is C20H19FN4O3S2. The highest BCUT2D eigenvalue weighted by Crippen LogP contribution is 2.30. The van der Waals surface area contributed by atoms with Crippen LogP contribution in [-0.4, -0.2) is 41.1 Å². The fourth-order valence-electron chi connectivity index (χ4n) is 2.69. The maximum atomic E-state index is 12.9. The molecular weight excluding hydrogens is 427 g/mol. The molecule has 1 aliphatic heterocycles. The lowest BCUT2D eigenvalue weighted by Crippen LogP contribution is -2.41. The topological polar surface area (TPSA) is 85.4 Å². The van der Waals surface area contributed by atoms with Gasteiger partial charge in [0.05, 0.1) is 12.3 Å². The van der Waals surface area contributed by atoms with E-state index in [1.54, 1.807) is 12.1 Å². The van der Waals surface area contributed by atoms with Crippen LogP contribution in [0.25, 0.3) is 0 Å². The fourth-order valence-corrected chi connectivity index (χ4v) is 4.27. The normalized spacial score (nSPS) is 14.9. The van der Waals surface area contributed by atoms with E-state index >= 15 is 0 Å². The van der Waals surface area contributed by atoms with Gasteiger partial charge < -0.3 is 20.1 Å². The summed E-state index contributed by atoms with van der Waals surface area (Å²) in [6.07, 6.45) is -0.224. The maximum Gasteiger partial charge on any atom is 0.230 e. The summed E-state index contributed by atoms with van der Waals surface area (Å²) in [6, 6.07) is 13.7. The zero-order valence-corrected chi connectivity index (χ0v) is 17.5. The number of benzene rings is 2. The van der Waals surface area contributed by atoms with Crippen molar-refractivity contribution < 1.29 is 18.7 Å². The minimum Gasteiger partial charge on any atom is -0.486 e. The second-order valence-corrected chi connectivity index (χ2v) is 8.64. The summed E-state index contributed by atoms with van der Waals surface area (Å²) in [7, 11) is 0. The summed E-state index contributed by atoms with van der Waals surface area (Å²) >= 11 is 2.69. The van der Waals surface area contributed by atoms with Gasteiger partial charge in [0, 0.05) is 6.54 Å². The van der Waals surface area contributed by atoms with Crippen molar-refractivity contribution in [2.24, 2.45) is 0 Å². The van der Waals surface area contributed by atoms with Gasteiger partial charge in [-0.2, -0.15) is 0 Å². The Morgan fingerprint density at radius 1 is 1.17 bits per heavy atom. The van der Waals surface area contributed by atoms with Crippen molar-refractivity contribution in [3.63, 3.8) is 0 Å². The molecule has 0 saturated carbocycles. The van der Waals surface area contributed by atoms with Crippen LogP contribution in [0.3, 0.4) is 0 Å². The first-order valence-corrected chi connectivity index (χ1v) is 11.1. The van der Waals surface area contributed by atoms with Crippen LogP contribution < -0.4 is 20.1 Å². The standard InChI is InChI=1S/C20H19FN4O3S2/c21-14-7-5-13(6-8-14)9-23-19-24-25-20(30-19)29-12-18(26)22-10-15-11-27-16-3-1-2-4-17(16)28-15/h1-8,15H,9-12H2,(H,22,26)(H,23,24). The molecule has 30 heavy (non-hydrogen) atoms. The molecule has 0 fully saturated rings. The Kier molecular flexibility index (Phi) is 6.65. The van der Waals surface area contributed by atoms with Crippen LogP contribution in [0.15, 0.2) is 52.9 Å². The lowest BCUT2D eigenvalue weighted by atomic mass is 10.2. The van der Waals surface area contributed by atoms with E-state index in [0.717, 1.165) is 11.3 Å². The first-order chi connectivity index (χ1) is 14.7. The minimum absolute atomic E-state index is 0.113. The number of hydrogen-bond acceptors (Lipinski definition) is 8. The first-order valence-electron chi connectivity index (χ1n) is 9.25. The van der Waals surface area contributed by atoms with E-state index in [9.17, 15) is 9.18 Å². The Morgan fingerprint density at radius 2 is 1.97 bits per heavy atom. The van der Waals surface area contributed by atoms with Crippen molar-refractivity contribution in [3.8, 4) is 11.5 Å². The molecule has 7 nitrogen and oxygen atoms in total. The number of halogens is 1. The Hall–Kier alpha value is -2.85. The maximum absolute atomic E-state index is 12.9. The molecule has 0 bridgehead atoms. The quantitative estimate of drug-likeness (QED) is 0.514. The van der Waals surface area contributed by atoms with Gasteiger partial charge in [0.1, 0.15) is 18.5 Å². The number of nitrogens with zero attached hydrogens (tertiary/aromatic N) is 2. The second kappa shape index (κ2) is 9.77. The number of aromatic nitrogens is 2. The molecule has 0 radical (unpaired) electrons. The van der Waals surface area contributed by atoms with Crippen molar-refractivity contribution >= 4 is 34.1 Å². The van der Waals surface area contributed by atoms with Crippen LogP contribution in [0, 0.1) is 5.82 Å². The number of rotatable bonds is 8. The van der Waals surface area contributed by atoms with Crippen LogP contribution in [0.4, 0.5) is 9.52 Å². The molecule has 1 aliphatic rings. The Bertz CT molecular complexity index is 1000. The van der Waals surface area contributed by atoms with Crippen molar-refractivity contribution in [1.82, 2.24) is 15.5 Å². The molecule has 1 aromatic heterocycles. The summed E-state index contributed by atoms with van der Waals surface area (Å²) in [6.45, 7) is 1.28. The van der Waals surface area contributed by atoms with Crippen molar-refractivity contribution in [2.75, 3.05) is 24.2 Å². The van der Waals surface area contributed by atoms with E-state index in [4.69, 9.17) is 9.47 Å². The van der Waals surface area contributed by atoms with Crippen molar-refractivity contribution in [3.05, 3.63) is 59.9 Å². The summed E-state index contributed by atoms with van der Waals surface area (Å²) in [5.41, 5.74) is 0.941. The predicted molar refractivity (Wildman–Crippen MR) is 114 cm³/mol. The zero-order chi connectivity index (χ0) is 20.8. The van der Waals surface area contributed by atoms with Crippen LogP contribution >= 0.6 is 23.1 Å². The lowest BCUT2D eigenvalue weighted by molar-refractivity contribution is -0.119. The summed E-state index contributed by atoms with van der Waals surface area (Å²) in [5, 5.41) is 14.8. The predicted octanol–water partition coefficient (Wildman–Crippen LogP) is 3.34. The molecule has 1 atom stereocenters. The van der Waals surface area contributed by atoms with Crippen molar-refractivity contribution in [1.29, 1.82) is 0 Å². The van der Waals surface area contributed by atoms with E-state index in [-0.39, 0.29) is 23.6 Å². The van der Waals surface area contributed by atoms with Gasteiger partial charge in [-0.1, -0.05) is 47.4 Å². The van der Waals surface area contributed by atoms with E-state index in [1.165, 1.54) is 35.2 Å². The number of carbonyl (C=O) groups excluding carboxylic acids is 1. The van der Waals surface area contributed by atoms with Gasteiger partial charge in [-0.05, 0) is 29.8 Å². The SMILES string of the molecule is O=C(CSc1nnc(NCc2ccc(F)cc2)s1)NCC1COc2ccccc2O1. The number of hydrogen-bond donors (Lipinski definition) is 2. The molecule has 0 saturated heterocycles. The summed E-state index contributed by atoms with van der Waals surface area (Å²) in [4.78, 5) is 12.1. The van der Waals surface area contributed by atoms with E-state index in [0.29, 0.717) is 34.9 Å². The largest absolute Gasteiger partial charge is 0.486 e. The van der Waals surface area contributed by atoms with E-state index in [2.05, 4.69) is 20.8 Å². The van der Waals surface area contributed by atoms with E-state index < -0.39 is 0 Å². The lowest BCUT2D eigenvalue weighted by Gasteiger charge is -2.26. The third-order valence-electron chi connectivity index (χ3n) is 4.18. The molecule has 1 amide bonds. The molecule has 0 aliphatic carbocycles. The van der Waals surface area contributed by atoms with Gasteiger partial charge in [-0.3, -0.25) is 4.79 Å². The third kappa shape index (κ3) is 5.61. The van der Waals surface area contributed by atoms with Gasteiger partial charge in [0.25, 0.3) is 0 Å². The number of carbonyl (C=O) groups is 1. The highest BCUT2D eigenvalue weighted by Gasteiger charge is 2.21. The number of nitrogens with one attached hydrogen (secondary N) is 2. The molecule has 4 rings (SSSR count). The number of anilines is 1. The first kappa shape index (κ1) is 20.4. The van der Waals surface area contributed by atoms with Gasteiger partial charge in [-0.25, -0.2) is 4.39 Å². The minimum atomic E-state index is -0.265. The van der Waals surface area contributed by atoms with Gasteiger partial charge >= 0.3 is 0 Å². The average Bonchev–Trinajstić information content (AvgIpc) is 3.23. The van der Waals surface area contributed by atoms with Crippen LogP contribution in [0.5, 0.6) is 11.5 Å². The molecule has 2 aromatic carbocycles. The second-order valence-electron chi connectivity index (χ2n) is 6.44. The molecule has 3 aromatic rings. The highest BCUT2D eigenvalue weighted by atomic mass is 32.2. The van der Waals surface area contributed by atoms with Gasteiger partial charge in [-0.15, -0.1) is 10.2 Å². The van der Waals surface area contributed by atoms with Crippen molar-refractivity contribution in [2.45, 2.75) is 17.0 Å². The van der Waals surface area contributed by atoms with E-state index in [1.807, 2.05) is 24.3 Å². The van der Waals surface area contributed by atoms with Gasteiger partial charge in [0.2, 0.25) is 11.0 Å². The number of thioether (sulfide) groups is 1. The smallest absolute Gasteiger partial charge is 0.230 e. The Balaban J connectivity index is 1.17. The number of amides is 1. The highest BCUT2D eigenvalue weighted by molar-refractivity contribution is 8.01. The molecule has 156 valence electrons. The molecule has 0 spiro atoms. The van der Waals surface area contributed by atoms with Crippen LogP contribution in [0.1, 0.15) is 5.56 Å². The number of para-hydroxylation sites is 2. The molecule has 2 N–H and O–H groups in total. The van der Waals surface area contributed by atoms with Gasteiger partial charge in [0.15, 0.2) is 15.8 Å². The Morgan fingerprint density at radius 3 is 2.80 bits per heavy atom. The zero-order valence-electron chi connectivity index (χ0n) is 15.8. The molecule has 2 heterocycles. The number of fused-ring (bicyclic) bond motifs is 1.